The molecule has 1 amide bonds. The summed E-state index contributed by atoms with van der Waals surface area (Å²) in [7, 11) is 0. The van der Waals surface area contributed by atoms with Gasteiger partial charge in [-0.1, -0.05) is 36.8 Å². The molecule has 2 rings (SSSR count). The molecule has 1 saturated heterocycles. The number of benzene rings is 1. The van der Waals surface area contributed by atoms with Crippen LogP contribution in [0.25, 0.3) is 0 Å². The van der Waals surface area contributed by atoms with Gasteiger partial charge in [0.15, 0.2) is 0 Å². The number of nitrogens with one attached hydrogen (secondary N) is 1. The maximum Gasteiger partial charge on any atom is 0.241 e. The molecule has 0 aromatic heterocycles. The van der Waals surface area contributed by atoms with E-state index in [1.54, 1.807) is 0 Å². The molecule has 122 valence electrons. The first-order chi connectivity index (χ1) is 10.5. The van der Waals surface area contributed by atoms with E-state index in [0.717, 1.165) is 24.6 Å². The van der Waals surface area contributed by atoms with Crippen molar-refractivity contribution in [1.82, 2.24) is 10.2 Å². The van der Waals surface area contributed by atoms with E-state index in [1.165, 1.54) is 18.4 Å². The van der Waals surface area contributed by atoms with E-state index in [0.29, 0.717) is 12.6 Å². The lowest BCUT2D eigenvalue weighted by Crippen LogP contribution is -2.47. The molecule has 4 nitrogen and oxygen atoms in total. The van der Waals surface area contributed by atoms with Crippen LogP contribution in [0.4, 0.5) is 0 Å². The number of aryl methyl sites for hydroxylation is 1. The Balaban J connectivity index is 1.82. The predicted molar refractivity (Wildman–Crippen MR) is 90.6 cm³/mol. The Morgan fingerprint density at radius 2 is 2.09 bits per heavy atom. The lowest BCUT2D eigenvalue weighted by molar-refractivity contribution is -0.122. The van der Waals surface area contributed by atoms with E-state index >= 15 is 0 Å². The number of piperidine rings is 1. The molecule has 1 aliphatic rings. The Kier molecular flexibility index (Phi) is 5.98. The van der Waals surface area contributed by atoms with Gasteiger partial charge in [-0.05, 0) is 44.7 Å². The zero-order valence-electron chi connectivity index (χ0n) is 14.0. The highest BCUT2D eigenvalue weighted by Gasteiger charge is 2.22. The molecule has 3 atom stereocenters. The summed E-state index contributed by atoms with van der Waals surface area (Å²) in [5.74, 6) is 0.655. The minimum atomic E-state index is -0.590. The monoisotopic (exact) mass is 303 g/mol. The first kappa shape index (κ1) is 17.0. The summed E-state index contributed by atoms with van der Waals surface area (Å²) < 4.78 is 0. The van der Waals surface area contributed by atoms with Crippen molar-refractivity contribution >= 4 is 5.91 Å². The molecule has 4 heteroatoms. The second-order valence-corrected chi connectivity index (χ2v) is 6.72. The zero-order valence-corrected chi connectivity index (χ0v) is 14.0. The summed E-state index contributed by atoms with van der Waals surface area (Å²) in [6.07, 6.45) is 2.57. The highest BCUT2D eigenvalue weighted by Crippen LogP contribution is 2.17. The summed E-state index contributed by atoms with van der Waals surface area (Å²) in [5.41, 5.74) is 8.08. The van der Waals surface area contributed by atoms with Crippen molar-refractivity contribution in [2.75, 3.05) is 19.6 Å². The summed E-state index contributed by atoms with van der Waals surface area (Å²) in [4.78, 5) is 14.7. The van der Waals surface area contributed by atoms with Gasteiger partial charge in [0, 0.05) is 19.1 Å². The normalized spacial score (nSPS) is 22.1. The van der Waals surface area contributed by atoms with Gasteiger partial charge in [0.05, 0.1) is 0 Å². The van der Waals surface area contributed by atoms with Crippen molar-refractivity contribution < 1.29 is 4.79 Å². The summed E-state index contributed by atoms with van der Waals surface area (Å²) in [6.45, 7) is 9.41. The van der Waals surface area contributed by atoms with Crippen LogP contribution in [0.3, 0.4) is 0 Å². The number of amides is 1. The van der Waals surface area contributed by atoms with Crippen LogP contribution in [0.5, 0.6) is 0 Å². The lowest BCUT2D eigenvalue weighted by atomic mass is 9.99. The second kappa shape index (κ2) is 7.75. The Morgan fingerprint density at radius 3 is 2.73 bits per heavy atom. The van der Waals surface area contributed by atoms with Crippen molar-refractivity contribution in [2.24, 2.45) is 11.7 Å². The van der Waals surface area contributed by atoms with Crippen LogP contribution in [0, 0.1) is 12.8 Å². The molecular formula is C18H29N3O. The molecule has 0 spiro atoms. The van der Waals surface area contributed by atoms with Crippen molar-refractivity contribution in [3.63, 3.8) is 0 Å². The number of hydrogen-bond acceptors (Lipinski definition) is 3. The molecule has 0 bridgehead atoms. The maximum absolute atomic E-state index is 12.2. The molecule has 1 aromatic rings. The summed E-state index contributed by atoms with van der Waals surface area (Å²) in [6, 6.07) is 7.59. The SMILES string of the molecule is Cc1ccc(C(N)C(=O)NCC(C)N2CCCC(C)C2)cc1. The number of likely N-dealkylation sites (tertiary alicyclic amines) is 1. The first-order valence-corrected chi connectivity index (χ1v) is 8.31. The number of carbonyl (C=O) groups is 1. The molecule has 3 unspecified atom stereocenters. The molecule has 0 radical (unpaired) electrons. The molecule has 3 N–H and O–H groups in total. The summed E-state index contributed by atoms with van der Waals surface area (Å²) >= 11 is 0. The third-order valence-corrected chi connectivity index (χ3v) is 4.60. The third-order valence-electron chi connectivity index (χ3n) is 4.60. The van der Waals surface area contributed by atoms with Crippen molar-refractivity contribution in [2.45, 2.75) is 45.7 Å². The average Bonchev–Trinajstić information content (AvgIpc) is 2.52. The van der Waals surface area contributed by atoms with Crippen molar-refractivity contribution in [3.05, 3.63) is 35.4 Å². The molecule has 0 saturated carbocycles. The van der Waals surface area contributed by atoms with E-state index in [1.807, 2.05) is 31.2 Å². The number of rotatable bonds is 5. The van der Waals surface area contributed by atoms with Crippen LogP contribution in [0.2, 0.25) is 0 Å². The Labute approximate surface area is 134 Å². The fourth-order valence-corrected chi connectivity index (χ4v) is 3.04. The molecule has 1 fully saturated rings. The average molecular weight is 303 g/mol. The maximum atomic E-state index is 12.2. The summed E-state index contributed by atoms with van der Waals surface area (Å²) in [5, 5.41) is 3.00. The van der Waals surface area contributed by atoms with Gasteiger partial charge in [-0.2, -0.15) is 0 Å². The van der Waals surface area contributed by atoms with Gasteiger partial charge in [0.1, 0.15) is 6.04 Å². The molecule has 22 heavy (non-hydrogen) atoms. The van der Waals surface area contributed by atoms with E-state index in [2.05, 4.69) is 24.1 Å². The molecule has 0 aliphatic carbocycles. The second-order valence-electron chi connectivity index (χ2n) is 6.72. The zero-order chi connectivity index (χ0) is 16.1. The van der Waals surface area contributed by atoms with Gasteiger partial charge in [-0.25, -0.2) is 0 Å². The lowest BCUT2D eigenvalue weighted by Gasteiger charge is -2.35. The molecule has 1 aliphatic heterocycles. The number of nitrogens with zero attached hydrogens (tertiary/aromatic N) is 1. The minimum Gasteiger partial charge on any atom is -0.353 e. The van der Waals surface area contributed by atoms with Crippen LogP contribution in [-0.4, -0.2) is 36.5 Å². The molecule has 1 heterocycles. The van der Waals surface area contributed by atoms with Gasteiger partial charge >= 0.3 is 0 Å². The van der Waals surface area contributed by atoms with Gasteiger partial charge in [0.25, 0.3) is 0 Å². The van der Waals surface area contributed by atoms with Gasteiger partial charge in [-0.15, -0.1) is 0 Å². The largest absolute Gasteiger partial charge is 0.353 e. The van der Waals surface area contributed by atoms with E-state index in [4.69, 9.17) is 5.73 Å². The fraction of sp³-hybridized carbons (Fsp3) is 0.611. The highest BCUT2D eigenvalue weighted by atomic mass is 16.2. The topological polar surface area (TPSA) is 58.4 Å². The van der Waals surface area contributed by atoms with Crippen LogP contribution < -0.4 is 11.1 Å². The minimum absolute atomic E-state index is 0.0965. The predicted octanol–water partition coefficient (Wildman–Crippen LogP) is 2.23. The Bertz CT molecular complexity index is 486. The first-order valence-electron chi connectivity index (χ1n) is 8.31. The number of nitrogens with two attached hydrogens (primary N) is 1. The van der Waals surface area contributed by atoms with Crippen LogP contribution in [-0.2, 0) is 4.79 Å². The van der Waals surface area contributed by atoms with Crippen LogP contribution in [0.15, 0.2) is 24.3 Å². The Morgan fingerprint density at radius 1 is 1.41 bits per heavy atom. The Hall–Kier alpha value is -1.39. The van der Waals surface area contributed by atoms with Crippen LogP contribution >= 0.6 is 0 Å². The van der Waals surface area contributed by atoms with Crippen molar-refractivity contribution in [3.8, 4) is 0 Å². The van der Waals surface area contributed by atoms with E-state index < -0.39 is 6.04 Å². The molecule has 1 aromatic carbocycles. The third kappa shape index (κ3) is 4.55. The van der Waals surface area contributed by atoms with Crippen molar-refractivity contribution in [1.29, 1.82) is 0 Å². The quantitative estimate of drug-likeness (QED) is 0.877. The smallest absolute Gasteiger partial charge is 0.241 e. The van der Waals surface area contributed by atoms with Gasteiger partial charge in [0.2, 0.25) is 5.91 Å². The van der Waals surface area contributed by atoms with Gasteiger partial charge in [-0.3, -0.25) is 9.69 Å². The van der Waals surface area contributed by atoms with E-state index in [9.17, 15) is 4.79 Å². The van der Waals surface area contributed by atoms with Crippen LogP contribution in [0.1, 0.15) is 43.9 Å². The fourth-order valence-electron chi connectivity index (χ4n) is 3.04. The highest BCUT2D eigenvalue weighted by molar-refractivity contribution is 5.82. The van der Waals surface area contributed by atoms with E-state index in [-0.39, 0.29) is 5.91 Å². The number of carbonyl (C=O) groups excluding carboxylic acids is 1. The standard InChI is InChI=1S/C18H29N3O/c1-13-6-8-16(9-7-13)17(19)18(22)20-11-15(3)21-10-4-5-14(2)12-21/h6-9,14-15,17H,4-5,10-12,19H2,1-3H3,(H,20,22). The van der Waals surface area contributed by atoms with Gasteiger partial charge < -0.3 is 11.1 Å². The molecular weight excluding hydrogens is 274 g/mol. The number of hydrogen-bond donors (Lipinski definition) is 2.